The Balaban J connectivity index is 1.52. The van der Waals surface area contributed by atoms with Crippen LogP contribution >= 0.6 is 0 Å². The van der Waals surface area contributed by atoms with Crippen molar-refractivity contribution in [3.63, 3.8) is 0 Å². The Kier molecular flexibility index (Phi) is 2.88. The zero-order chi connectivity index (χ0) is 13.6. The highest BCUT2D eigenvalue weighted by molar-refractivity contribution is 5.26. The molecule has 20 heavy (non-hydrogen) atoms. The first kappa shape index (κ1) is 12.5. The van der Waals surface area contributed by atoms with Crippen molar-refractivity contribution in [1.82, 2.24) is 0 Å². The van der Waals surface area contributed by atoms with Crippen LogP contribution in [0.5, 0.6) is 0 Å². The van der Waals surface area contributed by atoms with Gasteiger partial charge < -0.3 is 0 Å². The van der Waals surface area contributed by atoms with E-state index in [-0.39, 0.29) is 0 Å². The number of nitriles is 1. The molecule has 0 aromatic heterocycles. The van der Waals surface area contributed by atoms with Crippen LogP contribution < -0.4 is 0 Å². The maximum atomic E-state index is 8.75. The maximum Gasteiger partial charge on any atom is 0.0669 e. The summed E-state index contributed by atoms with van der Waals surface area (Å²) in [6, 6.07) is 11.1. The zero-order valence-corrected chi connectivity index (χ0v) is 12.1. The minimum Gasteiger partial charge on any atom is -0.198 e. The minimum atomic E-state index is 0.539. The monoisotopic (exact) mass is 265 g/mol. The lowest BCUT2D eigenvalue weighted by atomic mass is 9.48. The second-order valence-corrected chi connectivity index (χ2v) is 7.75. The van der Waals surface area contributed by atoms with Gasteiger partial charge in [-0.3, -0.25) is 0 Å². The van der Waals surface area contributed by atoms with Crippen molar-refractivity contribution < 1.29 is 0 Å². The molecule has 4 aliphatic rings. The predicted molar refractivity (Wildman–Crippen MR) is 80.1 cm³/mol. The molecule has 1 aromatic carbocycles. The number of rotatable bonds is 3. The topological polar surface area (TPSA) is 23.8 Å². The lowest BCUT2D eigenvalue weighted by molar-refractivity contribution is -0.0521. The van der Waals surface area contributed by atoms with E-state index in [2.05, 4.69) is 30.3 Å². The molecule has 5 rings (SSSR count). The molecule has 0 atom stereocenters. The van der Waals surface area contributed by atoms with Crippen molar-refractivity contribution >= 4 is 0 Å². The fraction of sp³-hybridized carbons (Fsp3) is 0.632. The Labute approximate surface area is 122 Å². The van der Waals surface area contributed by atoms with Crippen LogP contribution in [0.1, 0.15) is 49.7 Å². The molecule has 0 saturated heterocycles. The Morgan fingerprint density at radius 2 is 1.40 bits per heavy atom. The molecule has 0 unspecified atom stereocenters. The van der Waals surface area contributed by atoms with Gasteiger partial charge in [-0.15, -0.1) is 0 Å². The van der Waals surface area contributed by atoms with Crippen LogP contribution in [0, 0.1) is 34.5 Å². The average Bonchev–Trinajstić information content (AvgIpc) is 2.39. The summed E-state index contributed by atoms with van der Waals surface area (Å²) in [4.78, 5) is 0. The molecule has 104 valence electrons. The molecule has 0 radical (unpaired) electrons. The van der Waals surface area contributed by atoms with Crippen LogP contribution in [0.2, 0.25) is 0 Å². The molecule has 4 bridgehead atoms. The Hall–Kier alpha value is -1.29. The van der Waals surface area contributed by atoms with Gasteiger partial charge in [-0.2, -0.15) is 5.26 Å². The molecule has 0 amide bonds. The van der Waals surface area contributed by atoms with Gasteiger partial charge in [-0.05, 0) is 79.2 Å². The van der Waals surface area contributed by atoms with Crippen LogP contribution in [0.3, 0.4) is 0 Å². The van der Waals surface area contributed by atoms with E-state index in [9.17, 15) is 0 Å². The fourth-order valence-corrected chi connectivity index (χ4v) is 5.81. The van der Waals surface area contributed by atoms with Crippen molar-refractivity contribution in [2.75, 3.05) is 0 Å². The normalized spacial score (nSPS) is 37.9. The van der Waals surface area contributed by atoms with E-state index < -0.39 is 0 Å². The average molecular weight is 265 g/mol. The summed E-state index contributed by atoms with van der Waals surface area (Å²) in [5.74, 6) is 3.12. The summed E-state index contributed by atoms with van der Waals surface area (Å²) < 4.78 is 0. The van der Waals surface area contributed by atoms with E-state index in [0.29, 0.717) is 11.8 Å². The molecule has 0 spiro atoms. The number of hydrogen-bond donors (Lipinski definition) is 0. The number of nitrogens with zero attached hydrogens (tertiary/aromatic N) is 1. The van der Waals surface area contributed by atoms with Crippen LogP contribution in [0.15, 0.2) is 24.3 Å². The maximum absolute atomic E-state index is 8.75. The molecule has 4 fully saturated rings. The summed E-state index contributed by atoms with van der Waals surface area (Å²) in [6.45, 7) is 0. The van der Waals surface area contributed by atoms with Crippen LogP contribution in [0.4, 0.5) is 0 Å². The van der Waals surface area contributed by atoms with E-state index >= 15 is 0 Å². The second kappa shape index (κ2) is 4.62. The van der Waals surface area contributed by atoms with Gasteiger partial charge in [-0.1, -0.05) is 24.3 Å². The van der Waals surface area contributed by atoms with E-state index in [4.69, 9.17) is 5.26 Å². The van der Waals surface area contributed by atoms with Gasteiger partial charge in [0, 0.05) is 0 Å². The first-order chi connectivity index (χ1) is 9.75. The third-order valence-electron chi connectivity index (χ3n) is 6.05. The van der Waals surface area contributed by atoms with Gasteiger partial charge >= 0.3 is 0 Å². The Morgan fingerprint density at radius 3 is 1.90 bits per heavy atom. The van der Waals surface area contributed by atoms with Crippen LogP contribution in [-0.2, 0) is 12.8 Å². The molecule has 0 heterocycles. The lowest BCUT2D eigenvalue weighted by Gasteiger charge is -2.57. The van der Waals surface area contributed by atoms with Crippen molar-refractivity contribution in [1.29, 1.82) is 5.26 Å². The van der Waals surface area contributed by atoms with Crippen molar-refractivity contribution in [3.8, 4) is 6.07 Å². The highest BCUT2D eigenvalue weighted by atomic mass is 14.5. The molecule has 1 heteroatoms. The molecule has 4 aliphatic carbocycles. The molecule has 0 aliphatic heterocycles. The van der Waals surface area contributed by atoms with Crippen LogP contribution in [0.25, 0.3) is 0 Å². The Morgan fingerprint density at radius 1 is 0.900 bits per heavy atom. The Bertz CT molecular complexity index is 499. The smallest absolute Gasteiger partial charge is 0.0669 e. The van der Waals surface area contributed by atoms with Gasteiger partial charge in [0.25, 0.3) is 0 Å². The first-order valence-electron chi connectivity index (χ1n) is 8.19. The van der Waals surface area contributed by atoms with Gasteiger partial charge in [-0.25, -0.2) is 0 Å². The quantitative estimate of drug-likeness (QED) is 0.788. The highest BCUT2D eigenvalue weighted by Gasteiger charge is 2.50. The summed E-state index contributed by atoms with van der Waals surface area (Å²) >= 11 is 0. The summed E-state index contributed by atoms with van der Waals surface area (Å²) in [6.07, 6.45) is 10.9. The molecular formula is C19H23N. The summed E-state index contributed by atoms with van der Waals surface area (Å²) in [5, 5.41) is 8.75. The zero-order valence-electron chi connectivity index (χ0n) is 12.1. The lowest BCUT2D eigenvalue weighted by Crippen LogP contribution is -2.47. The number of benzene rings is 1. The predicted octanol–water partition coefficient (Wildman–Crippen LogP) is 4.51. The van der Waals surface area contributed by atoms with Crippen molar-refractivity contribution in [2.45, 2.75) is 51.4 Å². The van der Waals surface area contributed by atoms with E-state index in [1.807, 2.05) is 0 Å². The third kappa shape index (κ3) is 2.16. The summed E-state index contributed by atoms with van der Waals surface area (Å²) in [5.41, 5.74) is 3.28. The summed E-state index contributed by atoms with van der Waals surface area (Å²) in [7, 11) is 0. The molecular weight excluding hydrogens is 242 g/mol. The second-order valence-electron chi connectivity index (χ2n) is 7.75. The highest BCUT2D eigenvalue weighted by Crippen LogP contribution is 2.61. The molecule has 1 nitrogen and oxygen atoms in total. The number of hydrogen-bond acceptors (Lipinski definition) is 1. The molecule has 0 N–H and O–H groups in total. The molecule has 4 saturated carbocycles. The first-order valence-corrected chi connectivity index (χ1v) is 8.19. The van der Waals surface area contributed by atoms with Gasteiger partial charge in [0.05, 0.1) is 12.5 Å². The fourth-order valence-electron chi connectivity index (χ4n) is 5.81. The standard InChI is InChI=1S/C19H23N/c20-6-5-14-1-3-15(4-2-14)10-19-11-16-7-17(12-19)9-18(8-16)13-19/h1-4,16-18H,5,7-13H2. The van der Waals surface area contributed by atoms with Crippen LogP contribution in [-0.4, -0.2) is 0 Å². The van der Waals surface area contributed by atoms with E-state index in [0.717, 1.165) is 23.3 Å². The van der Waals surface area contributed by atoms with E-state index in [1.54, 1.807) is 0 Å². The van der Waals surface area contributed by atoms with Gasteiger partial charge in [0.15, 0.2) is 0 Å². The van der Waals surface area contributed by atoms with Crippen molar-refractivity contribution in [3.05, 3.63) is 35.4 Å². The third-order valence-corrected chi connectivity index (χ3v) is 6.05. The molecule has 1 aromatic rings. The van der Waals surface area contributed by atoms with Gasteiger partial charge in [0.2, 0.25) is 0 Å². The van der Waals surface area contributed by atoms with E-state index in [1.165, 1.54) is 50.5 Å². The van der Waals surface area contributed by atoms with Gasteiger partial charge in [0.1, 0.15) is 0 Å². The van der Waals surface area contributed by atoms with Crippen molar-refractivity contribution in [2.24, 2.45) is 23.2 Å². The minimum absolute atomic E-state index is 0.539. The largest absolute Gasteiger partial charge is 0.198 e. The SMILES string of the molecule is N#CCc1ccc(CC23CC4CC(CC(C4)C2)C3)cc1.